The van der Waals surface area contributed by atoms with Crippen LogP contribution in [0.3, 0.4) is 0 Å². The van der Waals surface area contributed by atoms with Crippen LogP contribution in [0.25, 0.3) is 0 Å². The standard InChI is InChI=1S/C18H22F3N5O2/c1-11-6-13(7-11)26-16-9-25(5-3-15(16)23-24-26)17(27)22-4-2-14-8-12(10-28-14)18(19,20)21/h8,10-11,13H,2-7,9H2,1H3,(H,22,27). The normalized spacial score (nSPS) is 21.9. The van der Waals surface area contributed by atoms with E-state index < -0.39 is 11.7 Å². The molecule has 0 saturated heterocycles. The van der Waals surface area contributed by atoms with E-state index in [1.165, 1.54) is 0 Å². The van der Waals surface area contributed by atoms with Crippen molar-refractivity contribution >= 4 is 6.03 Å². The van der Waals surface area contributed by atoms with Crippen molar-refractivity contribution in [1.29, 1.82) is 0 Å². The van der Waals surface area contributed by atoms with Crippen LogP contribution in [0, 0.1) is 5.92 Å². The van der Waals surface area contributed by atoms with Crippen LogP contribution >= 0.6 is 0 Å². The number of nitrogens with zero attached hydrogens (tertiary/aromatic N) is 4. The fraction of sp³-hybridized carbons (Fsp3) is 0.611. The maximum absolute atomic E-state index is 12.6. The van der Waals surface area contributed by atoms with E-state index >= 15 is 0 Å². The summed E-state index contributed by atoms with van der Waals surface area (Å²) in [5.41, 5.74) is 1.11. The number of amides is 2. The highest BCUT2D eigenvalue weighted by Gasteiger charge is 2.34. The van der Waals surface area contributed by atoms with Crippen LogP contribution < -0.4 is 5.32 Å². The van der Waals surface area contributed by atoms with Gasteiger partial charge in [-0.1, -0.05) is 12.1 Å². The van der Waals surface area contributed by atoms with Gasteiger partial charge in [0, 0.05) is 25.9 Å². The molecule has 0 bridgehead atoms. The molecule has 3 heterocycles. The molecule has 0 radical (unpaired) electrons. The molecule has 0 spiro atoms. The van der Waals surface area contributed by atoms with E-state index in [1.54, 1.807) is 4.90 Å². The summed E-state index contributed by atoms with van der Waals surface area (Å²) in [6.07, 6.45) is -0.737. The van der Waals surface area contributed by atoms with Crippen molar-refractivity contribution < 1.29 is 22.4 Å². The van der Waals surface area contributed by atoms with Crippen molar-refractivity contribution in [2.45, 2.75) is 51.4 Å². The summed E-state index contributed by atoms with van der Waals surface area (Å²) >= 11 is 0. The van der Waals surface area contributed by atoms with E-state index in [0.29, 0.717) is 37.7 Å². The average Bonchev–Trinajstić information content (AvgIpc) is 3.25. The third-order valence-electron chi connectivity index (χ3n) is 5.44. The average molecular weight is 397 g/mol. The van der Waals surface area contributed by atoms with Gasteiger partial charge in [-0.3, -0.25) is 0 Å². The van der Waals surface area contributed by atoms with Crippen molar-refractivity contribution in [2.24, 2.45) is 5.92 Å². The third-order valence-corrected chi connectivity index (χ3v) is 5.44. The van der Waals surface area contributed by atoms with Crippen LogP contribution in [0.1, 0.15) is 48.5 Å². The van der Waals surface area contributed by atoms with Crippen molar-refractivity contribution in [3.05, 3.63) is 35.0 Å². The summed E-state index contributed by atoms with van der Waals surface area (Å²) in [4.78, 5) is 14.1. The summed E-state index contributed by atoms with van der Waals surface area (Å²) < 4.78 is 44.6. The topological polar surface area (TPSA) is 76.2 Å². The predicted octanol–water partition coefficient (Wildman–Crippen LogP) is 3.17. The Morgan fingerprint density at radius 1 is 1.39 bits per heavy atom. The number of aromatic nitrogens is 3. The van der Waals surface area contributed by atoms with Gasteiger partial charge >= 0.3 is 12.2 Å². The molecule has 0 aromatic carbocycles. The van der Waals surface area contributed by atoms with Gasteiger partial charge in [-0.2, -0.15) is 13.2 Å². The van der Waals surface area contributed by atoms with Gasteiger partial charge in [-0.25, -0.2) is 9.48 Å². The highest BCUT2D eigenvalue weighted by Crippen LogP contribution is 2.38. The van der Waals surface area contributed by atoms with Gasteiger partial charge in [0.1, 0.15) is 12.0 Å². The number of hydrogen-bond acceptors (Lipinski definition) is 4. The van der Waals surface area contributed by atoms with Crippen LogP contribution in [0.5, 0.6) is 0 Å². The minimum atomic E-state index is -4.42. The van der Waals surface area contributed by atoms with Crippen LogP contribution in [-0.2, 0) is 25.6 Å². The molecule has 1 fully saturated rings. The Kier molecular flexibility index (Phi) is 4.80. The van der Waals surface area contributed by atoms with Gasteiger partial charge in [0.25, 0.3) is 0 Å². The molecular formula is C18H22F3N5O2. The summed E-state index contributed by atoms with van der Waals surface area (Å²) in [5, 5.41) is 11.3. The van der Waals surface area contributed by atoms with E-state index in [1.807, 2.05) is 4.68 Å². The number of halogens is 3. The lowest BCUT2D eigenvalue weighted by molar-refractivity contribution is -0.137. The molecule has 28 heavy (non-hydrogen) atoms. The molecule has 4 rings (SSSR count). The molecule has 0 atom stereocenters. The fourth-order valence-corrected chi connectivity index (χ4v) is 3.80. The summed E-state index contributed by atoms with van der Waals surface area (Å²) in [5.74, 6) is 0.877. The Labute approximate surface area is 159 Å². The first kappa shape index (κ1) is 18.8. The highest BCUT2D eigenvalue weighted by molar-refractivity contribution is 5.74. The molecule has 1 aliphatic carbocycles. The van der Waals surface area contributed by atoms with Gasteiger partial charge in [-0.15, -0.1) is 5.10 Å². The number of rotatable bonds is 4. The van der Waals surface area contributed by atoms with Gasteiger partial charge in [0.15, 0.2) is 0 Å². The second-order valence-electron chi connectivity index (χ2n) is 7.61. The number of hydrogen-bond donors (Lipinski definition) is 1. The lowest BCUT2D eigenvalue weighted by Gasteiger charge is -2.35. The second kappa shape index (κ2) is 7.14. The maximum atomic E-state index is 12.6. The number of nitrogens with one attached hydrogen (secondary N) is 1. The first-order chi connectivity index (χ1) is 13.3. The molecular weight excluding hydrogens is 375 g/mol. The van der Waals surface area contributed by atoms with E-state index in [-0.39, 0.29) is 24.8 Å². The largest absolute Gasteiger partial charge is 0.469 e. The Morgan fingerprint density at radius 3 is 2.86 bits per heavy atom. The summed E-state index contributed by atoms with van der Waals surface area (Å²) in [7, 11) is 0. The highest BCUT2D eigenvalue weighted by atomic mass is 19.4. The number of carbonyl (C=O) groups excluding carboxylic acids is 1. The summed E-state index contributed by atoms with van der Waals surface area (Å²) in [6, 6.07) is 1.07. The molecule has 1 aliphatic heterocycles. The Morgan fingerprint density at radius 2 is 2.18 bits per heavy atom. The zero-order valence-electron chi connectivity index (χ0n) is 15.5. The summed E-state index contributed by atoms with van der Waals surface area (Å²) in [6.45, 7) is 3.39. The minimum absolute atomic E-state index is 0.190. The first-order valence-electron chi connectivity index (χ1n) is 9.41. The van der Waals surface area contributed by atoms with Crippen molar-refractivity contribution in [3.8, 4) is 0 Å². The van der Waals surface area contributed by atoms with Crippen LogP contribution in [0.2, 0.25) is 0 Å². The molecule has 7 nitrogen and oxygen atoms in total. The number of urea groups is 1. The molecule has 10 heteroatoms. The fourth-order valence-electron chi connectivity index (χ4n) is 3.80. The zero-order valence-corrected chi connectivity index (χ0v) is 15.5. The monoisotopic (exact) mass is 397 g/mol. The predicted molar refractivity (Wildman–Crippen MR) is 92.4 cm³/mol. The van der Waals surface area contributed by atoms with Crippen molar-refractivity contribution in [3.63, 3.8) is 0 Å². The number of carbonyl (C=O) groups is 1. The molecule has 1 saturated carbocycles. The van der Waals surface area contributed by atoms with Gasteiger partial charge in [-0.05, 0) is 24.8 Å². The SMILES string of the molecule is CC1CC(n2nnc3c2CN(C(=O)NCCc2cc(C(F)(F)F)co2)CC3)C1. The Hall–Kier alpha value is -2.52. The molecule has 0 unspecified atom stereocenters. The Balaban J connectivity index is 1.30. The van der Waals surface area contributed by atoms with Crippen molar-refractivity contribution in [2.75, 3.05) is 13.1 Å². The van der Waals surface area contributed by atoms with Crippen LogP contribution in [-0.4, -0.2) is 39.0 Å². The molecule has 2 aromatic heterocycles. The van der Waals surface area contributed by atoms with Gasteiger partial charge in [0.2, 0.25) is 0 Å². The number of fused-ring (bicyclic) bond motifs is 1. The minimum Gasteiger partial charge on any atom is -0.469 e. The Bertz CT molecular complexity index is 854. The third kappa shape index (κ3) is 3.72. The lowest BCUT2D eigenvalue weighted by Crippen LogP contribution is -2.44. The van der Waals surface area contributed by atoms with E-state index in [4.69, 9.17) is 4.42 Å². The maximum Gasteiger partial charge on any atom is 0.419 e. The molecule has 152 valence electrons. The smallest absolute Gasteiger partial charge is 0.419 e. The zero-order chi connectivity index (χ0) is 19.9. The van der Waals surface area contributed by atoms with Gasteiger partial charge in [0.05, 0.1) is 29.5 Å². The lowest BCUT2D eigenvalue weighted by atomic mass is 9.82. The van der Waals surface area contributed by atoms with Crippen LogP contribution in [0.4, 0.5) is 18.0 Å². The molecule has 2 amide bonds. The van der Waals surface area contributed by atoms with E-state index in [2.05, 4.69) is 22.6 Å². The number of alkyl halides is 3. The molecule has 2 aromatic rings. The number of furan rings is 1. The molecule has 1 N–H and O–H groups in total. The van der Waals surface area contributed by atoms with Crippen molar-refractivity contribution in [1.82, 2.24) is 25.2 Å². The molecule has 2 aliphatic rings. The second-order valence-corrected chi connectivity index (χ2v) is 7.61. The first-order valence-corrected chi connectivity index (χ1v) is 9.41. The quantitative estimate of drug-likeness (QED) is 0.860. The van der Waals surface area contributed by atoms with E-state index in [9.17, 15) is 18.0 Å². The van der Waals surface area contributed by atoms with E-state index in [0.717, 1.165) is 30.3 Å². The van der Waals surface area contributed by atoms with Crippen LogP contribution in [0.15, 0.2) is 16.7 Å². The van der Waals surface area contributed by atoms with Gasteiger partial charge < -0.3 is 14.6 Å².